The van der Waals surface area contributed by atoms with Crippen LogP contribution in [0.4, 0.5) is 17.1 Å². The maximum absolute atomic E-state index is 6.37. The summed E-state index contributed by atoms with van der Waals surface area (Å²) in [5, 5.41) is 5.49. The van der Waals surface area contributed by atoms with Crippen LogP contribution in [0.3, 0.4) is 0 Å². The fraction of sp³-hybridized carbons (Fsp3) is 0. The molecule has 0 amide bonds. The summed E-state index contributed by atoms with van der Waals surface area (Å²) in [4.78, 5) is 11.7. The average Bonchev–Trinajstić information content (AvgIpc) is 3.88. The number of hydrogen-bond donors (Lipinski definition) is 0. The standard InChI is InChI=1S/C46H28N4O2/c1-2-10-31(11-3-1)49(33-23-25-43-38(27-33)35-13-5-8-16-41(35)51-43)32-21-18-29(19-22-32)30-20-24-40-37(26-30)34-12-4-7-15-39(34)50(40)46-45-44(47-28-48-46)36-14-6-9-17-42(36)52-45/h1-28H. The lowest BCUT2D eigenvalue weighted by molar-refractivity contribution is 0.662. The summed E-state index contributed by atoms with van der Waals surface area (Å²) in [5.74, 6) is 0.729. The molecule has 4 aromatic heterocycles. The van der Waals surface area contributed by atoms with Crippen LogP contribution in [0.25, 0.3) is 82.8 Å². The number of aromatic nitrogens is 3. The zero-order valence-electron chi connectivity index (χ0n) is 27.8. The zero-order chi connectivity index (χ0) is 34.2. The molecule has 0 saturated carbocycles. The van der Waals surface area contributed by atoms with E-state index in [1.165, 1.54) is 0 Å². The molecule has 0 unspecified atom stereocenters. The third-order valence-corrected chi connectivity index (χ3v) is 10.1. The highest BCUT2D eigenvalue weighted by Crippen LogP contribution is 2.41. The molecule has 0 aliphatic heterocycles. The molecule has 52 heavy (non-hydrogen) atoms. The Labute approximate surface area is 297 Å². The molecule has 0 bridgehead atoms. The molecule has 0 radical (unpaired) electrons. The number of hydrogen-bond acceptors (Lipinski definition) is 5. The van der Waals surface area contributed by atoms with Crippen LogP contribution in [0.5, 0.6) is 0 Å². The van der Waals surface area contributed by atoms with Gasteiger partial charge in [-0.15, -0.1) is 0 Å². The van der Waals surface area contributed by atoms with Gasteiger partial charge < -0.3 is 13.7 Å². The Morgan fingerprint density at radius 3 is 1.90 bits per heavy atom. The quantitative estimate of drug-likeness (QED) is 0.183. The minimum Gasteiger partial charge on any atom is -0.456 e. The molecule has 7 aromatic carbocycles. The molecule has 6 heteroatoms. The second-order valence-corrected chi connectivity index (χ2v) is 13.1. The number of fused-ring (bicyclic) bond motifs is 9. The Hall–Kier alpha value is -7.18. The van der Waals surface area contributed by atoms with Crippen molar-refractivity contribution in [1.82, 2.24) is 14.5 Å². The van der Waals surface area contributed by atoms with Crippen LogP contribution in [0.2, 0.25) is 0 Å². The molecule has 11 rings (SSSR count). The van der Waals surface area contributed by atoms with E-state index in [1.54, 1.807) is 6.33 Å². The van der Waals surface area contributed by atoms with Gasteiger partial charge in [0.05, 0.1) is 11.0 Å². The molecule has 244 valence electrons. The summed E-state index contributed by atoms with van der Waals surface area (Å²) < 4.78 is 14.7. The van der Waals surface area contributed by atoms with E-state index >= 15 is 0 Å². The molecule has 0 saturated heterocycles. The van der Waals surface area contributed by atoms with E-state index in [1.807, 2.05) is 36.4 Å². The second kappa shape index (κ2) is 11.2. The van der Waals surface area contributed by atoms with Crippen LogP contribution in [-0.2, 0) is 0 Å². The monoisotopic (exact) mass is 668 g/mol. The lowest BCUT2D eigenvalue weighted by Gasteiger charge is -2.25. The van der Waals surface area contributed by atoms with Gasteiger partial charge >= 0.3 is 0 Å². The number of furan rings is 2. The maximum atomic E-state index is 6.37. The summed E-state index contributed by atoms with van der Waals surface area (Å²) in [6.45, 7) is 0. The SMILES string of the molecule is c1ccc(N(c2ccc(-c3ccc4c(c3)c3ccccc3n4-c3ncnc4c3oc3ccccc34)cc2)c2ccc3oc4ccccc4c3c2)cc1. The Bertz CT molecular complexity index is 3140. The van der Waals surface area contributed by atoms with Gasteiger partial charge in [-0.1, -0.05) is 84.9 Å². The van der Waals surface area contributed by atoms with Crippen molar-refractivity contribution < 1.29 is 8.83 Å². The molecular formula is C46H28N4O2. The summed E-state index contributed by atoms with van der Waals surface area (Å²) in [6.07, 6.45) is 1.63. The van der Waals surface area contributed by atoms with Gasteiger partial charge in [0, 0.05) is 44.0 Å². The van der Waals surface area contributed by atoms with Gasteiger partial charge in [0.25, 0.3) is 0 Å². The van der Waals surface area contributed by atoms with E-state index < -0.39 is 0 Å². The zero-order valence-corrected chi connectivity index (χ0v) is 27.8. The first kappa shape index (κ1) is 28.6. The Morgan fingerprint density at radius 2 is 1.06 bits per heavy atom. The Morgan fingerprint density at radius 1 is 0.423 bits per heavy atom. The number of nitrogens with zero attached hydrogens (tertiary/aromatic N) is 4. The van der Waals surface area contributed by atoms with Gasteiger partial charge in [-0.05, 0) is 90.0 Å². The normalized spacial score (nSPS) is 11.8. The van der Waals surface area contributed by atoms with Gasteiger partial charge in [0.15, 0.2) is 11.4 Å². The fourth-order valence-corrected chi connectivity index (χ4v) is 7.73. The first-order valence-corrected chi connectivity index (χ1v) is 17.3. The summed E-state index contributed by atoms with van der Waals surface area (Å²) in [5.41, 5.74) is 11.7. The lowest BCUT2D eigenvalue weighted by atomic mass is 10.0. The van der Waals surface area contributed by atoms with Crippen LogP contribution in [-0.4, -0.2) is 14.5 Å². The maximum Gasteiger partial charge on any atom is 0.197 e. The fourth-order valence-electron chi connectivity index (χ4n) is 7.73. The lowest BCUT2D eigenvalue weighted by Crippen LogP contribution is -2.09. The van der Waals surface area contributed by atoms with E-state index in [0.29, 0.717) is 5.58 Å². The Kier molecular flexibility index (Phi) is 6.15. The van der Waals surface area contributed by atoms with Crippen LogP contribution >= 0.6 is 0 Å². The summed E-state index contributed by atoms with van der Waals surface area (Å²) in [6, 6.07) is 57.1. The van der Waals surface area contributed by atoms with E-state index in [0.717, 1.165) is 94.2 Å². The second-order valence-electron chi connectivity index (χ2n) is 13.1. The summed E-state index contributed by atoms with van der Waals surface area (Å²) in [7, 11) is 0. The molecule has 11 aromatic rings. The van der Waals surface area contributed by atoms with Crippen molar-refractivity contribution in [1.29, 1.82) is 0 Å². The highest BCUT2D eigenvalue weighted by Gasteiger charge is 2.20. The van der Waals surface area contributed by atoms with Gasteiger partial charge in [0.2, 0.25) is 0 Å². The summed E-state index contributed by atoms with van der Waals surface area (Å²) >= 11 is 0. The van der Waals surface area contributed by atoms with Crippen molar-refractivity contribution in [2.45, 2.75) is 0 Å². The number of benzene rings is 7. The molecule has 0 N–H and O–H groups in total. The van der Waals surface area contributed by atoms with Gasteiger partial charge in [-0.25, -0.2) is 9.97 Å². The van der Waals surface area contributed by atoms with Crippen molar-refractivity contribution in [2.24, 2.45) is 0 Å². The molecule has 0 atom stereocenters. The molecule has 4 heterocycles. The number of para-hydroxylation sites is 4. The first-order chi connectivity index (χ1) is 25.8. The average molecular weight is 669 g/mol. The Balaban J connectivity index is 1.03. The van der Waals surface area contributed by atoms with E-state index in [-0.39, 0.29) is 0 Å². The largest absolute Gasteiger partial charge is 0.456 e. The van der Waals surface area contributed by atoms with Crippen molar-refractivity contribution in [3.63, 3.8) is 0 Å². The van der Waals surface area contributed by atoms with Gasteiger partial charge in [0.1, 0.15) is 28.6 Å². The van der Waals surface area contributed by atoms with Crippen LogP contribution < -0.4 is 4.90 Å². The van der Waals surface area contributed by atoms with Gasteiger partial charge in [-0.3, -0.25) is 4.57 Å². The van der Waals surface area contributed by atoms with E-state index in [9.17, 15) is 0 Å². The van der Waals surface area contributed by atoms with Crippen LogP contribution in [0.15, 0.2) is 179 Å². The molecule has 0 spiro atoms. The smallest absolute Gasteiger partial charge is 0.197 e. The topological polar surface area (TPSA) is 60.2 Å². The predicted octanol–water partition coefficient (Wildman–Crippen LogP) is 12.5. The molecule has 6 nitrogen and oxygen atoms in total. The van der Waals surface area contributed by atoms with Gasteiger partial charge in [-0.2, -0.15) is 0 Å². The number of rotatable bonds is 5. The van der Waals surface area contributed by atoms with Crippen molar-refractivity contribution in [3.05, 3.63) is 170 Å². The first-order valence-electron chi connectivity index (χ1n) is 17.3. The highest BCUT2D eigenvalue weighted by atomic mass is 16.3. The van der Waals surface area contributed by atoms with E-state index in [2.05, 4.69) is 142 Å². The minimum absolute atomic E-state index is 0.675. The van der Waals surface area contributed by atoms with Crippen LogP contribution in [0.1, 0.15) is 0 Å². The number of anilines is 3. The molecular weight excluding hydrogens is 641 g/mol. The van der Waals surface area contributed by atoms with Crippen LogP contribution in [0, 0.1) is 0 Å². The third kappa shape index (κ3) is 4.31. The minimum atomic E-state index is 0.675. The molecule has 0 aliphatic carbocycles. The molecule has 0 fully saturated rings. The van der Waals surface area contributed by atoms with E-state index in [4.69, 9.17) is 13.8 Å². The van der Waals surface area contributed by atoms with Crippen molar-refractivity contribution in [2.75, 3.05) is 4.90 Å². The van der Waals surface area contributed by atoms with Crippen molar-refractivity contribution >= 4 is 82.9 Å². The highest BCUT2D eigenvalue weighted by molar-refractivity contribution is 6.12. The molecule has 0 aliphatic rings. The predicted molar refractivity (Wildman–Crippen MR) is 211 cm³/mol. The third-order valence-electron chi connectivity index (χ3n) is 10.1. The van der Waals surface area contributed by atoms with Crippen molar-refractivity contribution in [3.8, 4) is 16.9 Å².